The monoisotopic (exact) mass is 446 g/mol. The van der Waals surface area contributed by atoms with Crippen LogP contribution in [-0.4, -0.2) is 27.4 Å². The summed E-state index contributed by atoms with van der Waals surface area (Å²) in [6, 6.07) is 11.2. The molecule has 2 aromatic carbocycles. The number of halogens is 1. The van der Waals surface area contributed by atoms with Crippen LogP contribution in [0, 0.1) is 5.92 Å². The van der Waals surface area contributed by atoms with Crippen LogP contribution in [0.5, 0.6) is 0 Å². The minimum absolute atomic E-state index is 0.116. The lowest BCUT2D eigenvalue weighted by molar-refractivity contribution is -0.119. The lowest BCUT2D eigenvalue weighted by Crippen LogP contribution is -2.31. The van der Waals surface area contributed by atoms with Crippen LogP contribution in [0.2, 0.25) is 0 Å². The Hall–Kier alpha value is -1.86. The fourth-order valence-electron chi connectivity index (χ4n) is 4.04. The molecule has 3 aliphatic rings. The molecule has 2 heterocycles. The van der Waals surface area contributed by atoms with Crippen LogP contribution >= 0.6 is 15.9 Å². The lowest BCUT2D eigenvalue weighted by Gasteiger charge is -2.22. The first-order valence-electron chi connectivity index (χ1n) is 9.21. The zero-order valence-electron chi connectivity index (χ0n) is 14.7. The zero-order chi connectivity index (χ0) is 18.8. The molecular weight excluding hydrogens is 428 g/mol. The number of anilines is 2. The van der Waals surface area contributed by atoms with E-state index in [1.54, 1.807) is 11.0 Å². The minimum Gasteiger partial charge on any atom is -0.312 e. The maximum atomic E-state index is 13.4. The average Bonchev–Trinajstić information content (AvgIpc) is 3.28. The van der Waals surface area contributed by atoms with Crippen LogP contribution in [0.15, 0.2) is 45.8 Å². The number of rotatable bonds is 3. The zero-order valence-corrected chi connectivity index (χ0v) is 17.1. The van der Waals surface area contributed by atoms with E-state index in [9.17, 15) is 13.2 Å². The van der Waals surface area contributed by atoms with Gasteiger partial charge in [-0.05, 0) is 70.9 Å². The van der Waals surface area contributed by atoms with E-state index >= 15 is 0 Å². The van der Waals surface area contributed by atoms with E-state index < -0.39 is 10.0 Å². The van der Waals surface area contributed by atoms with Gasteiger partial charge in [0, 0.05) is 29.2 Å². The predicted octanol–water partition coefficient (Wildman–Crippen LogP) is 3.50. The van der Waals surface area contributed by atoms with Gasteiger partial charge in [-0.1, -0.05) is 18.2 Å². The third-order valence-corrected chi connectivity index (χ3v) is 8.41. The first-order valence-corrected chi connectivity index (χ1v) is 11.4. The van der Waals surface area contributed by atoms with Crippen LogP contribution < -0.4 is 9.21 Å². The Morgan fingerprint density at radius 2 is 1.74 bits per heavy atom. The van der Waals surface area contributed by atoms with Crippen molar-refractivity contribution in [1.82, 2.24) is 0 Å². The van der Waals surface area contributed by atoms with Gasteiger partial charge in [0.25, 0.3) is 10.0 Å². The molecule has 0 atom stereocenters. The SMILES string of the molecule is O=C(C1CC1)N1CCc2cc(Br)c(S(=O)(=O)N3CCc4ccccc43)cc21. The fourth-order valence-corrected chi connectivity index (χ4v) is 6.62. The van der Waals surface area contributed by atoms with Crippen molar-refractivity contribution in [1.29, 1.82) is 0 Å². The van der Waals surface area contributed by atoms with Gasteiger partial charge in [0.1, 0.15) is 4.90 Å². The molecule has 5 nitrogen and oxygen atoms in total. The summed E-state index contributed by atoms with van der Waals surface area (Å²) in [6.45, 7) is 1.07. The molecule has 0 N–H and O–H groups in total. The number of sulfonamides is 1. The fraction of sp³-hybridized carbons (Fsp3) is 0.350. The standard InChI is InChI=1S/C20H19BrN2O3S/c21-16-11-15-7-9-22(20(24)14-5-6-14)18(15)12-19(16)27(25,26)23-10-8-13-3-1-2-4-17(13)23/h1-4,11-12,14H,5-10H2. The highest BCUT2D eigenvalue weighted by Crippen LogP contribution is 2.41. The van der Waals surface area contributed by atoms with Gasteiger partial charge in [-0.3, -0.25) is 9.10 Å². The number of hydrogen-bond acceptors (Lipinski definition) is 3. The summed E-state index contributed by atoms with van der Waals surface area (Å²) < 4.78 is 28.9. The van der Waals surface area contributed by atoms with Gasteiger partial charge in [0.2, 0.25) is 5.91 Å². The van der Waals surface area contributed by atoms with Crippen LogP contribution in [0.3, 0.4) is 0 Å². The van der Waals surface area contributed by atoms with Crippen LogP contribution in [0.4, 0.5) is 11.4 Å². The van der Waals surface area contributed by atoms with Crippen molar-refractivity contribution in [2.24, 2.45) is 5.92 Å². The molecule has 0 bridgehead atoms. The quantitative estimate of drug-likeness (QED) is 0.724. The number of carbonyl (C=O) groups excluding carboxylic acids is 1. The Morgan fingerprint density at radius 3 is 2.52 bits per heavy atom. The highest BCUT2D eigenvalue weighted by molar-refractivity contribution is 9.10. The molecule has 140 valence electrons. The predicted molar refractivity (Wildman–Crippen MR) is 108 cm³/mol. The summed E-state index contributed by atoms with van der Waals surface area (Å²) in [5.41, 5.74) is 3.57. The van der Waals surface area contributed by atoms with E-state index in [1.807, 2.05) is 30.3 Å². The Bertz CT molecular complexity index is 1060. The van der Waals surface area contributed by atoms with Crippen molar-refractivity contribution in [2.45, 2.75) is 30.6 Å². The number of para-hydroxylation sites is 1. The summed E-state index contributed by atoms with van der Waals surface area (Å²) in [4.78, 5) is 14.6. The number of amides is 1. The molecule has 2 aromatic rings. The van der Waals surface area contributed by atoms with E-state index in [0.29, 0.717) is 24.0 Å². The average molecular weight is 447 g/mol. The van der Waals surface area contributed by atoms with E-state index in [4.69, 9.17) is 0 Å². The molecule has 1 saturated carbocycles. The molecule has 0 aromatic heterocycles. The van der Waals surface area contributed by atoms with Crippen LogP contribution in [0.25, 0.3) is 0 Å². The molecule has 1 amide bonds. The molecule has 5 rings (SSSR count). The third kappa shape index (κ3) is 2.70. The Kier molecular flexibility index (Phi) is 3.88. The summed E-state index contributed by atoms with van der Waals surface area (Å²) in [7, 11) is -3.71. The van der Waals surface area contributed by atoms with Crippen molar-refractivity contribution < 1.29 is 13.2 Å². The van der Waals surface area contributed by atoms with Gasteiger partial charge < -0.3 is 4.90 Å². The Morgan fingerprint density at radius 1 is 1.00 bits per heavy atom. The smallest absolute Gasteiger partial charge is 0.265 e. The van der Waals surface area contributed by atoms with Gasteiger partial charge in [0.05, 0.1) is 5.69 Å². The number of benzene rings is 2. The van der Waals surface area contributed by atoms with Gasteiger partial charge in [0.15, 0.2) is 0 Å². The highest BCUT2D eigenvalue weighted by Gasteiger charge is 2.38. The molecule has 0 spiro atoms. The normalized spacial score (nSPS) is 18.6. The van der Waals surface area contributed by atoms with E-state index in [-0.39, 0.29) is 16.7 Å². The number of carbonyl (C=O) groups is 1. The van der Waals surface area contributed by atoms with E-state index in [1.165, 1.54) is 4.31 Å². The van der Waals surface area contributed by atoms with Crippen molar-refractivity contribution in [3.63, 3.8) is 0 Å². The van der Waals surface area contributed by atoms with Crippen LogP contribution in [0.1, 0.15) is 24.0 Å². The molecule has 0 unspecified atom stereocenters. The molecule has 1 aliphatic carbocycles. The maximum absolute atomic E-state index is 13.4. The topological polar surface area (TPSA) is 57.7 Å². The second-order valence-corrected chi connectivity index (χ2v) is 10.1. The van der Waals surface area contributed by atoms with Crippen molar-refractivity contribution in [2.75, 3.05) is 22.3 Å². The maximum Gasteiger partial charge on any atom is 0.265 e. The largest absolute Gasteiger partial charge is 0.312 e. The first kappa shape index (κ1) is 17.3. The van der Waals surface area contributed by atoms with Crippen molar-refractivity contribution in [3.8, 4) is 0 Å². The lowest BCUT2D eigenvalue weighted by atomic mass is 10.2. The van der Waals surface area contributed by atoms with E-state index in [2.05, 4.69) is 15.9 Å². The molecular formula is C20H19BrN2O3S. The van der Waals surface area contributed by atoms with Gasteiger partial charge in [-0.25, -0.2) is 8.42 Å². The molecule has 7 heteroatoms. The van der Waals surface area contributed by atoms with Crippen LogP contribution in [-0.2, 0) is 27.7 Å². The summed E-state index contributed by atoms with van der Waals surface area (Å²) in [6.07, 6.45) is 3.36. The van der Waals surface area contributed by atoms with Crippen molar-refractivity contribution in [3.05, 3.63) is 52.0 Å². The number of fused-ring (bicyclic) bond motifs is 2. The molecule has 1 fully saturated rings. The Labute approximate surface area is 167 Å². The number of nitrogens with zero attached hydrogens (tertiary/aromatic N) is 2. The highest BCUT2D eigenvalue weighted by atomic mass is 79.9. The summed E-state index contributed by atoms with van der Waals surface area (Å²) >= 11 is 3.46. The first-order chi connectivity index (χ1) is 13.0. The van der Waals surface area contributed by atoms with Gasteiger partial charge >= 0.3 is 0 Å². The second-order valence-electron chi connectivity index (χ2n) is 7.38. The molecule has 0 saturated heterocycles. The van der Waals surface area contributed by atoms with E-state index in [0.717, 1.165) is 41.8 Å². The second kappa shape index (κ2) is 6.07. The van der Waals surface area contributed by atoms with Gasteiger partial charge in [-0.2, -0.15) is 0 Å². The Balaban J connectivity index is 1.58. The third-order valence-electron chi connectivity index (χ3n) is 5.63. The minimum atomic E-state index is -3.71. The molecule has 2 aliphatic heterocycles. The number of hydrogen-bond donors (Lipinski definition) is 0. The molecule has 0 radical (unpaired) electrons. The van der Waals surface area contributed by atoms with Gasteiger partial charge in [-0.15, -0.1) is 0 Å². The molecule has 27 heavy (non-hydrogen) atoms. The van der Waals surface area contributed by atoms with Crippen molar-refractivity contribution >= 4 is 43.2 Å². The summed E-state index contributed by atoms with van der Waals surface area (Å²) in [5.74, 6) is 0.246. The summed E-state index contributed by atoms with van der Waals surface area (Å²) in [5, 5.41) is 0.